The second kappa shape index (κ2) is 11.7. The van der Waals surface area contributed by atoms with Gasteiger partial charge in [0, 0.05) is 49.8 Å². The topological polar surface area (TPSA) is 111 Å². The average molecular weight is 549 g/mol. The fourth-order valence-electron chi connectivity index (χ4n) is 4.95. The van der Waals surface area contributed by atoms with Gasteiger partial charge in [0.1, 0.15) is 5.60 Å². The van der Waals surface area contributed by atoms with Gasteiger partial charge in [-0.15, -0.1) is 0 Å². The molecule has 10 heteroatoms. The van der Waals surface area contributed by atoms with Gasteiger partial charge in [0.05, 0.1) is 17.6 Å². The van der Waals surface area contributed by atoms with Crippen molar-refractivity contribution in [1.82, 2.24) is 20.3 Å². The third-order valence-electron chi connectivity index (χ3n) is 6.94. The van der Waals surface area contributed by atoms with Crippen molar-refractivity contribution < 1.29 is 28.7 Å². The maximum absolute atomic E-state index is 13.2. The second-order valence-electron chi connectivity index (χ2n) is 11.2. The molecule has 3 heterocycles. The molecule has 0 spiro atoms. The molecule has 0 aliphatic carbocycles. The van der Waals surface area contributed by atoms with E-state index in [1.165, 1.54) is 0 Å². The standard InChI is InChI=1S/C30H36N4O6/c1-30(2,3)39-29(37)34-15-14-33-19-24(23-8-6-7-22(18-34)26(23)33)28(36)31-17-20-10-12-21(13-11-20)27(35)32-40-25-9-4-5-16-38-25/h6-8,10-13,19,25H,4-5,9,14-18H2,1-3H3,(H,31,36)(H,32,35). The fraction of sp³-hybridized carbons (Fsp3) is 0.433. The van der Waals surface area contributed by atoms with Crippen molar-refractivity contribution >= 4 is 28.8 Å². The first-order chi connectivity index (χ1) is 19.2. The highest BCUT2D eigenvalue weighted by atomic mass is 16.8. The molecule has 1 saturated heterocycles. The summed E-state index contributed by atoms with van der Waals surface area (Å²) in [6, 6.07) is 12.8. The average Bonchev–Trinajstić information content (AvgIpc) is 3.21. The Kier molecular flexibility index (Phi) is 8.09. The van der Waals surface area contributed by atoms with E-state index < -0.39 is 11.9 Å². The van der Waals surface area contributed by atoms with E-state index in [1.54, 1.807) is 29.2 Å². The van der Waals surface area contributed by atoms with Crippen LogP contribution in [0.25, 0.3) is 10.9 Å². The van der Waals surface area contributed by atoms with Gasteiger partial charge in [0.2, 0.25) is 0 Å². The number of hydrogen-bond acceptors (Lipinski definition) is 6. The van der Waals surface area contributed by atoms with Crippen molar-refractivity contribution in [2.24, 2.45) is 0 Å². The van der Waals surface area contributed by atoms with Crippen molar-refractivity contribution in [3.05, 3.63) is 70.9 Å². The minimum atomic E-state index is -0.568. The molecular weight excluding hydrogens is 512 g/mol. The van der Waals surface area contributed by atoms with E-state index in [0.29, 0.717) is 43.9 Å². The number of ether oxygens (including phenoxy) is 2. The van der Waals surface area contributed by atoms with Crippen molar-refractivity contribution in [2.75, 3.05) is 13.2 Å². The Morgan fingerprint density at radius 1 is 1.02 bits per heavy atom. The summed E-state index contributed by atoms with van der Waals surface area (Å²) in [7, 11) is 0. The lowest BCUT2D eigenvalue weighted by Crippen LogP contribution is -2.37. The van der Waals surface area contributed by atoms with E-state index in [-0.39, 0.29) is 17.9 Å². The molecule has 3 amide bonds. The van der Waals surface area contributed by atoms with Crippen molar-refractivity contribution in [1.29, 1.82) is 0 Å². The zero-order chi connectivity index (χ0) is 28.3. The predicted octanol–water partition coefficient (Wildman–Crippen LogP) is 4.51. The molecule has 1 aromatic heterocycles. The number of aromatic nitrogens is 1. The number of hydrogen-bond donors (Lipinski definition) is 2. The molecule has 0 bridgehead atoms. The van der Waals surface area contributed by atoms with Crippen LogP contribution in [-0.4, -0.2) is 52.4 Å². The van der Waals surface area contributed by atoms with Gasteiger partial charge in [-0.1, -0.05) is 30.3 Å². The summed E-state index contributed by atoms with van der Waals surface area (Å²) >= 11 is 0. The number of carbonyl (C=O) groups is 3. The van der Waals surface area contributed by atoms with Gasteiger partial charge < -0.3 is 24.3 Å². The van der Waals surface area contributed by atoms with Gasteiger partial charge >= 0.3 is 6.09 Å². The van der Waals surface area contributed by atoms with Crippen LogP contribution in [0.3, 0.4) is 0 Å². The van der Waals surface area contributed by atoms with Gasteiger partial charge in [0.15, 0.2) is 6.29 Å². The summed E-state index contributed by atoms with van der Waals surface area (Å²) in [5, 5.41) is 3.83. The van der Waals surface area contributed by atoms with Crippen molar-refractivity contribution in [3.63, 3.8) is 0 Å². The van der Waals surface area contributed by atoms with Crippen molar-refractivity contribution in [3.8, 4) is 0 Å². The molecule has 40 heavy (non-hydrogen) atoms. The highest BCUT2D eigenvalue weighted by Gasteiger charge is 2.27. The molecule has 5 rings (SSSR count). The lowest BCUT2D eigenvalue weighted by molar-refractivity contribution is -0.186. The molecule has 2 aliphatic rings. The zero-order valence-electron chi connectivity index (χ0n) is 23.2. The van der Waals surface area contributed by atoms with E-state index in [1.807, 2.05) is 49.7 Å². The molecule has 212 valence electrons. The highest BCUT2D eigenvalue weighted by Crippen LogP contribution is 2.29. The molecule has 10 nitrogen and oxygen atoms in total. The molecule has 0 radical (unpaired) electrons. The Bertz CT molecular complexity index is 1390. The van der Waals surface area contributed by atoms with Crippen LogP contribution in [0.1, 0.15) is 71.9 Å². The SMILES string of the molecule is CC(C)(C)OC(=O)N1CCn2cc(C(=O)NCc3ccc(C(=O)NOC4CCCCO4)cc3)c3cccc(c32)C1. The first-order valence-electron chi connectivity index (χ1n) is 13.7. The first-order valence-corrected chi connectivity index (χ1v) is 13.7. The predicted molar refractivity (Wildman–Crippen MR) is 148 cm³/mol. The Labute approximate surface area is 233 Å². The Morgan fingerprint density at radius 3 is 2.55 bits per heavy atom. The van der Waals surface area contributed by atoms with Gasteiger partial charge in [-0.25, -0.2) is 15.1 Å². The Morgan fingerprint density at radius 2 is 1.82 bits per heavy atom. The van der Waals surface area contributed by atoms with Gasteiger partial charge in [-0.05, 0) is 56.9 Å². The normalized spacial score (nSPS) is 17.3. The quantitative estimate of drug-likeness (QED) is 0.439. The summed E-state index contributed by atoms with van der Waals surface area (Å²) < 4.78 is 13.1. The number of nitrogens with one attached hydrogen (secondary N) is 2. The van der Waals surface area contributed by atoms with E-state index in [0.717, 1.165) is 41.3 Å². The summed E-state index contributed by atoms with van der Waals surface area (Å²) in [5.74, 6) is -0.534. The maximum atomic E-state index is 13.2. The number of carbonyl (C=O) groups excluding carboxylic acids is 3. The minimum absolute atomic E-state index is 0.187. The number of hydroxylamine groups is 1. The number of amides is 3. The molecule has 2 aromatic carbocycles. The summed E-state index contributed by atoms with van der Waals surface area (Å²) in [6.07, 6.45) is 3.86. The second-order valence-corrected chi connectivity index (χ2v) is 11.2. The van der Waals surface area contributed by atoms with E-state index in [9.17, 15) is 14.4 Å². The molecule has 3 aromatic rings. The van der Waals surface area contributed by atoms with Crippen LogP contribution in [0, 0.1) is 0 Å². The maximum Gasteiger partial charge on any atom is 0.410 e. The lowest BCUT2D eigenvalue weighted by Gasteiger charge is -2.26. The molecule has 1 atom stereocenters. The zero-order valence-corrected chi connectivity index (χ0v) is 23.2. The van der Waals surface area contributed by atoms with E-state index in [4.69, 9.17) is 14.3 Å². The highest BCUT2D eigenvalue weighted by molar-refractivity contribution is 6.07. The molecule has 1 unspecified atom stereocenters. The molecule has 2 N–H and O–H groups in total. The number of nitrogens with zero attached hydrogens (tertiary/aromatic N) is 2. The minimum Gasteiger partial charge on any atom is -0.444 e. The van der Waals surface area contributed by atoms with E-state index in [2.05, 4.69) is 10.8 Å². The van der Waals surface area contributed by atoms with E-state index >= 15 is 0 Å². The van der Waals surface area contributed by atoms with Crippen LogP contribution in [0.5, 0.6) is 0 Å². The Hall–Kier alpha value is -3.89. The van der Waals surface area contributed by atoms with Crippen LogP contribution in [0.2, 0.25) is 0 Å². The molecule has 0 saturated carbocycles. The molecular formula is C30H36N4O6. The lowest BCUT2D eigenvalue weighted by atomic mass is 10.1. The molecule has 1 fully saturated rings. The number of para-hydroxylation sites is 1. The van der Waals surface area contributed by atoms with Crippen LogP contribution >= 0.6 is 0 Å². The number of rotatable bonds is 6. The fourth-order valence-corrected chi connectivity index (χ4v) is 4.95. The van der Waals surface area contributed by atoms with Crippen LogP contribution in [0.4, 0.5) is 4.79 Å². The van der Waals surface area contributed by atoms with Crippen LogP contribution in [-0.2, 0) is 33.9 Å². The third kappa shape index (κ3) is 6.46. The summed E-state index contributed by atoms with van der Waals surface area (Å²) in [4.78, 5) is 45.4. The largest absolute Gasteiger partial charge is 0.444 e. The van der Waals surface area contributed by atoms with Crippen LogP contribution in [0.15, 0.2) is 48.7 Å². The summed E-state index contributed by atoms with van der Waals surface area (Å²) in [6.45, 7) is 7.95. The van der Waals surface area contributed by atoms with Gasteiger partial charge in [-0.2, -0.15) is 0 Å². The van der Waals surface area contributed by atoms with Crippen LogP contribution < -0.4 is 10.8 Å². The smallest absolute Gasteiger partial charge is 0.410 e. The molecule has 2 aliphatic heterocycles. The monoisotopic (exact) mass is 548 g/mol. The number of benzene rings is 2. The summed E-state index contributed by atoms with van der Waals surface area (Å²) in [5.41, 5.74) is 5.70. The third-order valence-corrected chi connectivity index (χ3v) is 6.94. The van der Waals surface area contributed by atoms with Gasteiger partial charge in [0.25, 0.3) is 11.8 Å². The first kappa shape index (κ1) is 27.7. The Balaban J connectivity index is 1.21. The van der Waals surface area contributed by atoms with Gasteiger partial charge in [-0.3, -0.25) is 9.59 Å². The van der Waals surface area contributed by atoms with Crippen molar-refractivity contribution in [2.45, 2.75) is 71.6 Å².